The maximum absolute atomic E-state index is 13.1. The zero-order valence-corrected chi connectivity index (χ0v) is 10.5. The number of hydrogen-bond donors (Lipinski definition) is 1. The van der Waals surface area contributed by atoms with Crippen LogP contribution in [-0.2, 0) is 9.53 Å². The van der Waals surface area contributed by atoms with Crippen LogP contribution in [0.5, 0.6) is 0 Å². The van der Waals surface area contributed by atoms with E-state index in [0.29, 0.717) is 13.0 Å². The van der Waals surface area contributed by atoms with E-state index in [4.69, 9.17) is 4.74 Å². The predicted octanol–water partition coefficient (Wildman–Crippen LogP) is 1.33. The average molecular weight is 281 g/mol. The van der Waals surface area contributed by atoms with Gasteiger partial charge >= 0.3 is 6.18 Å². The molecule has 2 rings (SSSR count). The number of rotatable bonds is 1. The topological polar surface area (TPSA) is 49.8 Å². The minimum atomic E-state index is -4.34. The molecule has 1 aliphatic heterocycles. The Labute approximate surface area is 109 Å². The summed E-state index contributed by atoms with van der Waals surface area (Å²) in [5.41, 5.74) is 0. The Hall–Kier alpha value is -0.820. The Morgan fingerprint density at radius 2 is 2.05 bits per heavy atom. The number of ether oxygens (including phenoxy) is 1. The Bertz CT molecular complexity index is 335. The van der Waals surface area contributed by atoms with Crippen molar-refractivity contribution in [3.05, 3.63) is 0 Å². The quantitative estimate of drug-likeness (QED) is 0.789. The summed E-state index contributed by atoms with van der Waals surface area (Å²) in [7, 11) is 0. The van der Waals surface area contributed by atoms with E-state index in [2.05, 4.69) is 0 Å². The summed E-state index contributed by atoms with van der Waals surface area (Å²) in [6, 6.07) is -0.960. The van der Waals surface area contributed by atoms with Gasteiger partial charge in [-0.05, 0) is 25.7 Å². The van der Waals surface area contributed by atoms with Gasteiger partial charge < -0.3 is 14.7 Å². The van der Waals surface area contributed by atoms with Crippen LogP contribution in [0.4, 0.5) is 13.2 Å². The second-order valence-electron chi connectivity index (χ2n) is 5.18. The molecular weight excluding hydrogens is 263 g/mol. The molecule has 1 heterocycles. The molecule has 0 aromatic carbocycles. The van der Waals surface area contributed by atoms with Gasteiger partial charge in [0.15, 0.2) is 0 Å². The highest BCUT2D eigenvalue weighted by molar-refractivity contribution is 5.78. The molecule has 1 saturated carbocycles. The third-order valence-corrected chi connectivity index (χ3v) is 3.84. The zero-order valence-electron chi connectivity index (χ0n) is 10.5. The molecule has 0 spiro atoms. The van der Waals surface area contributed by atoms with Crippen LogP contribution in [0.3, 0.4) is 0 Å². The maximum atomic E-state index is 13.1. The number of aliphatic hydroxyl groups excluding tert-OH is 1. The lowest BCUT2D eigenvalue weighted by Crippen LogP contribution is -2.53. The first-order valence-corrected chi connectivity index (χ1v) is 6.51. The molecule has 7 heteroatoms. The third-order valence-electron chi connectivity index (χ3n) is 3.84. The van der Waals surface area contributed by atoms with Gasteiger partial charge in [0.2, 0.25) is 5.91 Å². The van der Waals surface area contributed by atoms with Gasteiger partial charge in [0.1, 0.15) is 6.61 Å². The molecule has 2 aliphatic rings. The molecule has 1 amide bonds. The van der Waals surface area contributed by atoms with Crippen LogP contribution < -0.4 is 0 Å². The Morgan fingerprint density at radius 3 is 2.74 bits per heavy atom. The van der Waals surface area contributed by atoms with Crippen molar-refractivity contribution < 1.29 is 27.8 Å². The van der Waals surface area contributed by atoms with Crippen LogP contribution in [0.2, 0.25) is 0 Å². The lowest BCUT2D eigenvalue weighted by atomic mass is 9.81. The largest absolute Gasteiger partial charge is 0.393 e. The van der Waals surface area contributed by atoms with Crippen LogP contribution >= 0.6 is 0 Å². The van der Waals surface area contributed by atoms with Crippen molar-refractivity contribution in [1.29, 1.82) is 0 Å². The summed E-state index contributed by atoms with van der Waals surface area (Å²) in [4.78, 5) is 13.1. The van der Waals surface area contributed by atoms with E-state index in [1.165, 1.54) is 4.90 Å². The standard InChI is InChI=1S/C12H18F3NO3/c13-12(14,15)9-3-2-8(17)6-10(9)16-4-1-5-19-7-11(16)18/h8-10,17H,1-7H2. The van der Waals surface area contributed by atoms with Crippen LogP contribution in [0.15, 0.2) is 0 Å². The Balaban J connectivity index is 2.18. The molecule has 0 radical (unpaired) electrons. The Kier molecular flexibility index (Phi) is 4.35. The molecule has 2 fully saturated rings. The lowest BCUT2D eigenvalue weighted by molar-refractivity contribution is -0.205. The lowest BCUT2D eigenvalue weighted by Gasteiger charge is -2.41. The summed E-state index contributed by atoms with van der Waals surface area (Å²) in [6.45, 7) is 0.480. The normalized spacial score (nSPS) is 34.2. The van der Waals surface area contributed by atoms with Gasteiger partial charge in [-0.2, -0.15) is 13.2 Å². The molecule has 1 aliphatic carbocycles. The monoisotopic (exact) mass is 281 g/mol. The number of alkyl halides is 3. The van der Waals surface area contributed by atoms with E-state index in [1.54, 1.807) is 0 Å². The van der Waals surface area contributed by atoms with Crippen LogP contribution in [-0.4, -0.2) is 54.0 Å². The Morgan fingerprint density at radius 1 is 1.32 bits per heavy atom. The highest BCUT2D eigenvalue weighted by Crippen LogP contribution is 2.40. The van der Waals surface area contributed by atoms with Crippen LogP contribution in [0, 0.1) is 5.92 Å². The highest BCUT2D eigenvalue weighted by Gasteiger charge is 2.50. The van der Waals surface area contributed by atoms with Crippen LogP contribution in [0.25, 0.3) is 0 Å². The van der Waals surface area contributed by atoms with Crippen molar-refractivity contribution in [2.24, 2.45) is 5.92 Å². The van der Waals surface area contributed by atoms with Crippen molar-refractivity contribution in [3.8, 4) is 0 Å². The number of amides is 1. The summed E-state index contributed by atoms with van der Waals surface area (Å²) in [5.74, 6) is -1.95. The number of halogens is 3. The first kappa shape index (κ1) is 14.6. The second-order valence-corrected chi connectivity index (χ2v) is 5.18. The fraction of sp³-hybridized carbons (Fsp3) is 0.917. The first-order valence-electron chi connectivity index (χ1n) is 6.51. The van der Waals surface area contributed by atoms with Crippen molar-refractivity contribution in [3.63, 3.8) is 0 Å². The van der Waals surface area contributed by atoms with Gasteiger partial charge in [-0.3, -0.25) is 4.79 Å². The van der Waals surface area contributed by atoms with Gasteiger partial charge in [0, 0.05) is 19.2 Å². The van der Waals surface area contributed by atoms with Crippen molar-refractivity contribution in [2.75, 3.05) is 19.8 Å². The van der Waals surface area contributed by atoms with Crippen molar-refractivity contribution in [1.82, 2.24) is 4.90 Å². The van der Waals surface area contributed by atoms with Gasteiger partial charge in [-0.25, -0.2) is 0 Å². The van der Waals surface area contributed by atoms with E-state index >= 15 is 0 Å². The molecular formula is C12H18F3NO3. The summed E-state index contributed by atoms with van der Waals surface area (Å²) < 4.78 is 44.2. The fourth-order valence-electron chi connectivity index (χ4n) is 2.91. The summed E-state index contributed by atoms with van der Waals surface area (Å²) in [6.07, 6.45) is -4.56. The van der Waals surface area contributed by atoms with Crippen LogP contribution in [0.1, 0.15) is 25.7 Å². The first-order chi connectivity index (χ1) is 8.89. The predicted molar refractivity (Wildman–Crippen MR) is 60.3 cm³/mol. The molecule has 0 aromatic rings. The van der Waals surface area contributed by atoms with E-state index in [0.717, 1.165) is 0 Å². The molecule has 19 heavy (non-hydrogen) atoms. The number of nitrogens with zero attached hydrogens (tertiary/aromatic N) is 1. The molecule has 110 valence electrons. The second kappa shape index (κ2) is 5.66. The molecule has 0 bridgehead atoms. The van der Waals surface area contributed by atoms with Crippen molar-refractivity contribution >= 4 is 5.91 Å². The van der Waals surface area contributed by atoms with E-state index in [1.807, 2.05) is 0 Å². The van der Waals surface area contributed by atoms with E-state index in [9.17, 15) is 23.1 Å². The minimum absolute atomic E-state index is 0.00405. The van der Waals surface area contributed by atoms with Gasteiger partial charge in [0.05, 0.1) is 12.0 Å². The molecule has 3 unspecified atom stereocenters. The summed E-state index contributed by atoms with van der Waals surface area (Å²) >= 11 is 0. The third kappa shape index (κ3) is 3.39. The molecule has 1 saturated heterocycles. The fourth-order valence-corrected chi connectivity index (χ4v) is 2.91. The highest BCUT2D eigenvalue weighted by atomic mass is 19.4. The molecule has 4 nitrogen and oxygen atoms in total. The molecule has 1 N–H and O–H groups in total. The smallest absolute Gasteiger partial charge is 0.393 e. The maximum Gasteiger partial charge on any atom is 0.393 e. The number of carbonyl (C=O) groups excluding carboxylic acids is 1. The number of aliphatic hydroxyl groups is 1. The molecule has 3 atom stereocenters. The number of carbonyl (C=O) groups is 1. The van der Waals surface area contributed by atoms with Gasteiger partial charge in [0.25, 0.3) is 0 Å². The minimum Gasteiger partial charge on any atom is -0.393 e. The SMILES string of the molecule is O=C1COCCCN1C1CC(O)CCC1C(F)(F)F. The molecule has 0 aromatic heterocycles. The number of hydrogen-bond acceptors (Lipinski definition) is 3. The zero-order chi connectivity index (χ0) is 14.0. The van der Waals surface area contributed by atoms with Gasteiger partial charge in [-0.1, -0.05) is 0 Å². The van der Waals surface area contributed by atoms with Crippen molar-refractivity contribution in [2.45, 2.75) is 44.0 Å². The van der Waals surface area contributed by atoms with Gasteiger partial charge in [-0.15, -0.1) is 0 Å². The average Bonchev–Trinajstić information content (AvgIpc) is 2.52. The summed E-state index contributed by atoms with van der Waals surface area (Å²) in [5, 5.41) is 9.61. The van der Waals surface area contributed by atoms with E-state index < -0.39 is 30.1 Å². The van der Waals surface area contributed by atoms with E-state index in [-0.39, 0.29) is 32.4 Å².